The van der Waals surface area contributed by atoms with E-state index in [0.29, 0.717) is 18.9 Å². The molecule has 0 spiro atoms. The van der Waals surface area contributed by atoms with E-state index in [1.165, 1.54) is 12.8 Å². The third-order valence-corrected chi connectivity index (χ3v) is 6.11. The molecule has 5 heteroatoms. The Hall–Kier alpha value is -1.20. The van der Waals surface area contributed by atoms with Crippen molar-refractivity contribution in [1.29, 1.82) is 0 Å². The van der Waals surface area contributed by atoms with Crippen molar-refractivity contribution in [3.05, 3.63) is 21.4 Å². The van der Waals surface area contributed by atoms with E-state index in [4.69, 9.17) is 0 Å². The monoisotopic (exact) mass is 348 g/mol. The van der Waals surface area contributed by atoms with Crippen molar-refractivity contribution in [3.8, 4) is 0 Å². The van der Waals surface area contributed by atoms with E-state index in [1.807, 2.05) is 24.8 Å². The minimum Gasteiger partial charge on any atom is -0.343 e. The summed E-state index contributed by atoms with van der Waals surface area (Å²) in [4.78, 5) is 28.8. The highest BCUT2D eigenvalue weighted by Gasteiger charge is 2.26. The zero-order valence-corrected chi connectivity index (χ0v) is 15.6. The Morgan fingerprint density at radius 1 is 1.17 bits per heavy atom. The smallest absolute Gasteiger partial charge is 0.223 e. The molecule has 1 saturated heterocycles. The van der Waals surface area contributed by atoms with Gasteiger partial charge < -0.3 is 10.2 Å². The zero-order valence-electron chi connectivity index (χ0n) is 14.8. The number of rotatable bonds is 7. The van der Waals surface area contributed by atoms with Crippen LogP contribution in [-0.2, 0) is 4.79 Å². The maximum atomic E-state index is 12.4. The largest absolute Gasteiger partial charge is 0.343 e. The lowest BCUT2D eigenvalue weighted by Gasteiger charge is -2.32. The summed E-state index contributed by atoms with van der Waals surface area (Å²) in [5.74, 6) is 1.14. The van der Waals surface area contributed by atoms with E-state index in [1.54, 1.807) is 11.3 Å². The molecule has 0 bridgehead atoms. The third-order valence-electron chi connectivity index (χ3n) is 5.15. The van der Waals surface area contributed by atoms with Crippen LogP contribution in [0.3, 0.4) is 0 Å². The fourth-order valence-corrected chi connectivity index (χ4v) is 4.35. The van der Waals surface area contributed by atoms with Gasteiger partial charge in [0.1, 0.15) is 0 Å². The quantitative estimate of drug-likeness (QED) is 0.769. The van der Waals surface area contributed by atoms with E-state index < -0.39 is 0 Å². The van der Waals surface area contributed by atoms with Gasteiger partial charge in [-0.15, -0.1) is 11.3 Å². The lowest BCUT2D eigenvalue weighted by atomic mass is 10.0. The molecule has 132 valence electrons. The molecule has 0 aromatic carbocycles. The average Bonchev–Trinajstić information content (AvgIpc) is 3.34. The molecule has 1 aromatic heterocycles. The fourth-order valence-electron chi connectivity index (χ4n) is 3.41. The van der Waals surface area contributed by atoms with Crippen LogP contribution in [0.5, 0.6) is 0 Å². The first-order valence-corrected chi connectivity index (χ1v) is 9.96. The molecular formula is C19H28N2O2S. The van der Waals surface area contributed by atoms with Crippen molar-refractivity contribution in [2.24, 2.45) is 5.92 Å². The second-order valence-electron chi connectivity index (χ2n) is 7.26. The van der Waals surface area contributed by atoms with Gasteiger partial charge in [0.25, 0.3) is 0 Å². The predicted octanol–water partition coefficient (Wildman–Crippen LogP) is 3.32. The summed E-state index contributed by atoms with van der Waals surface area (Å²) in [6.45, 7) is 6.79. The first-order valence-electron chi connectivity index (χ1n) is 9.14. The molecule has 1 aliphatic carbocycles. The van der Waals surface area contributed by atoms with E-state index in [2.05, 4.69) is 5.32 Å². The molecule has 1 aliphatic heterocycles. The molecule has 2 heterocycles. The number of hydrogen-bond donors (Lipinski definition) is 1. The Kier molecular flexibility index (Phi) is 5.72. The SMILES string of the molecule is Cc1cc(C(=O)CCC(=O)N2CCC(NCC3CC3)CC2)c(C)s1. The lowest BCUT2D eigenvalue weighted by molar-refractivity contribution is -0.132. The molecule has 4 nitrogen and oxygen atoms in total. The van der Waals surface area contributed by atoms with Crippen LogP contribution in [0, 0.1) is 19.8 Å². The van der Waals surface area contributed by atoms with Crippen molar-refractivity contribution in [2.45, 2.75) is 58.4 Å². The summed E-state index contributed by atoms with van der Waals surface area (Å²) in [5, 5.41) is 3.63. The molecule has 0 radical (unpaired) electrons. The van der Waals surface area contributed by atoms with Crippen LogP contribution in [0.25, 0.3) is 0 Å². The van der Waals surface area contributed by atoms with Gasteiger partial charge in [0.05, 0.1) is 0 Å². The molecule has 1 saturated carbocycles. The van der Waals surface area contributed by atoms with E-state index in [0.717, 1.165) is 53.7 Å². The highest BCUT2D eigenvalue weighted by molar-refractivity contribution is 7.12. The topological polar surface area (TPSA) is 49.4 Å². The minimum atomic E-state index is 0.103. The summed E-state index contributed by atoms with van der Waals surface area (Å²) in [5.41, 5.74) is 0.799. The van der Waals surface area contributed by atoms with Crippen LogP contribution < -0.4 is 5.32 Å². The summed E-state index contributed by atoms with van der Waals surface area (Å²) >= 11 is 1.65. The van der Waals surface area contributed by atoms with Gasteiger partial charge in [-0.25, -0.2) is 0 Å². The van der Waals surface area contributed by atoms with Gasteiger partial charge in [0, 0.05) is 47.3 Å². The molecule has 3 rings (SSSR count). The Morgan fingerprint density at radius 2 is 1.88 bits per heavy atom. The lowest BCUT2D eigenvalue weighted by Crippen LogP contribution is -2.45. The van der Waals surface area contributed by atoms with Gasteiger partial charge in [-0.1, -0.05) is 0 Å². The number of nitrogens with one attached hydrogen (secondary N) is 1. The van der Waals surface area contributed by atoms with Crippen LogP contribution in [0.4, 0.5) is 0 Å². The average molecular weight is 349 g/mol. The minimum absolute atomic E-state index is 0.103. The highest BCUT2D eigenvalue weighted by Crippen LogP contribution is 2.28. The molecule has 1 amide bonds. The van der Waals surface area contributed by atoms with Crippen LogP contribution in [0.2, 0.25) is 0 Å². The summed E-state index contributed by atoms with van der Waals surface area (Å²) < 4.78 is 0. The van der Waals surface area contributed by atoms with Gasteiger partial charge in [-0.05, 0) is 58.1 Å². The second-order valence-corrected chi connectivity index (χ2v) is 8.72. The first kappa shape index (κ1) is 17.6. The standard InChI is InChI=1S/C19H28N2O2S/c1-13-11-17(14(2)24-13)18(22)5-6-19(23)21-9-7-16(8-10-21)20-12-15-3-4-15/h11,15-16,20H,3-10,12H2,1-2H3. The number of Topliss-reactive ketones (excluding diaryl/α,β-unsaturated/α-hetero) is 1. The van der Waals surface area contributed by atoms with Gasteiger partial charge in [-0.2, -0.15) is 0 Å². The number of likely N-dealkylation sites (tertiary alicyclic amines) is 1. The van der Waals surface area contributed by atoms with Gasteiger partial charge in [0.15, 0.2) is 5.78 Å². The van der Waals surface area contributed by atoms with Crippen molar-refractivity contribution in [3.63, 3.8) is 0 Å². The normalized spacial score (nSPS) is 18.8. The maximum absolute atomic E-state index is 12.4. The maximum Gasteiger partial charge on any atom is 0.223 e. The zero-order chi connectivity index (χ0) is 17.1. The van der Waals surface area contributed by atoms with E-state index in [-0.39, 0.29) is 11.7 Å². The number of carbonyl (C=O) groups excluding carboxylic acids is 2. The van der Waals surface area contributed by atoms with Crippen molar-refractivity contribution < 1.29 is 9.59 Å². The Balaban J connectivity index is 1.39. The third kappa shape index (κ3) is 4.67. The number of carbonyl (C=O) groups is 2. The van der Waals surface area contributed by atoms with Crippen molar-refractivity contribution in [2.75, 3.05) is 19.6 Å². The first-order chi connectivity index (χ1) is 11.5. The van der Waals surface area contributed by atoms with Crippen LogP contribution in [-0.4, -0.2) is 42.3 Å². The van der Waals surface area contributed by atoms with Crippen molar-refractivity contribution >= 4 is 23.0 Å². The number of ketones is 1. The van der Waals surface area contributed by atoms with Crippen LogP contribution in [0.15, 0.2) is 6.07 Å². The number of hydrogen-bond acceptors (Lipinski definition) is 4. The second kappa shape index (κ2) is 7.79. The molecule has 2 aliphatic rings. The number of thiophene rings is 1. The van der Waals surface area contributed by atoms with Crippen LogP contribution in [0.1, 0.15) is 58.6 Å². The number of nitrogens with zero attached hydrogens (tertiary/aromatic N) is 1. The van der Waals surface area contributed by atoms with E-state index >= 15 is 0 Å². The van der Waals surface area contributed by atoms with Gasteiger partial charge in [-0.3, -0.25) is 9.59 Å². The highest BCUT2D eigenvalue weighted by atomic mass is 32.1. The number of amides is 1. The molecule has 1 N–H and O–H groups in total. The number of aryl methyl sites for hydroxylation is 2. The summed E-state index contributed by atoms with van der Waals surface area (Å²) in [6.07, 6.45) is 5.50. The molecule has 24 heavy (non-hydrogen) atoms. The molecule has 2 fully saturated rings. The summed E-state index contributed by atoms with van der Waals surface area (Å²) in [6, 6.07) is 2.51. The van der Waals surface area contributed by atoms with Crippen LogP contribution >= 0.6 is 11.3 Å². The molecule has 0 atom stereocenters. The van der Waals surface area contributed by atoms with Gasteiger partial charge in [0.2, 0.25) is 5.91 Å². The fraction of sp³-hybridized carbons (Fsp3) is 0.684. The Bertz CT molecular complexity index is 599. The molecule has 1 aromatic rings. The Labute approximate surface area is 148 Å². The van der Waals surface area contributed by atoms with Crippen molar-refractivity contribution in [1.82, 2.24) is 10.2 Å². The van der Waals surface area contributed by atoms with Gasteiger partial charge >= 0.3 is 0 Å². The molecular weight excluding hydrogens is 320 g/mol. The number of piperidine rings is 1. The Morgan fingerprint density at radius 3 is 2.46 bits per heavy atom. The van der Waals surface area contributed by atoms with E-state index in [9.17, 15) is 9.59 Å². The predicted molar refractivity (Wildman–Crippen MR) is 97.7 cm³/mol. The molecule has 0 unspecified atom stereocenters. The summed E-state index contributed by atoms with van der Waals surface area (Å²) in [7, 11) is 0.